The van der Waals surface area contributed by atoms with Crippen LogP contribution >= 0.6 is 0 Å². The molecule has 0 fully saturated rings. The van der Waals surface area contributed by atoms with Gasteiger partial charge >= 0.3 is 0 Å². The zero-order valence-corrected chi connectivity index (χ0v) is 12.2. The third-order valence-electron chi connectivity index (χ3n) is 3.56. The van der Waals surface area contributed by atoms with E-state index in [4.69, 9.17) is 4.42 Å². The molecule has 2 heterocycles. The average molecular weight is 258 g/mol. The highest BCUT2D eigenvalue weighted by Crippen LogP contribution is 2.28. The number of hydrogen-bond donors (Lipinski definition) is 1. The molecule has 3 heteroatoms. The molecule has 0 aromatic carbocycles. The summed E-state index contributed by atoms with van der Waals surface area (Å²) in [6, 6.07) is 6.31. The van der Waals surface area contributed by atoms with Crippen LogP contribution in [-0.4, -0.2) is 11.5 Å². The Morgan fingerprint density at radius 3 is 2.53 bits per heavy atom. The molecule has 0 amide bonds. The molecule has 0 saturated heterocycles. The Balaban J connectivity index is 2.30. The van der Waals surface area contributed by atoms with E-state index in [1.54, 1.807) is 0 Å². The van der Waals surface area contributed by atoms with Gasteiger partial charge in [-0.25, -0.2) is 0 Å². The first-order valence-electron chi connectivity index (χ1n) is 6.83. The van der Waals surface area contributed by atoms with Gasteiger partial charge < -0.3 is 9.73 Å². The zero-order valence-electron chi connectivity index (χ0n) is 12.2. The van der Waals surface area contributed by atoms with Gasteiger partial charge in [-0.15, -0.1) is 0 Å². The maximum atomic E-state index is 5.75. The van der Waals surface area contributed by atoms with Crippen LogP contribution in [0.2, 0.25) is 0 Å². The van der Waals surface area contributed by atoms with E-state index in [1.165, 1.54) is 11.1 Å². The van der Waals surface area contributed by atoms with Gasteiger partial charge in [0.05, 0.1) is 0 Å². The predicted molar refractivity (Wildman–Crippen MR) is 77.3 cm³/mol. The normalized spacial score (nSPS) is 12.6. The van der Waals surface area contributed by atoms with Crippen molar-refractivity contribution in [3.8, 4) is 0 Å². The van der Waals surface area contributed by atoms with Gasteiger partial charge in [0, 0.05) is 29.9 Å². The molecule has 19 heavy (non-hydrogen) atoms. The van der Waals surface area contributed by atoms with Crippen LogP contribution in [0.3, 0.4) is 0 Å². The number of furan rings is 1. The molecule has 0 saturated carbocycles. The maximum Gasteiger partial charge on any atom is 0.106 e. The average Bonchev–Trinajstić information content (AvgIpc) is 2.64. The highest BCUT2D eigenvalue weighted by Gasteiger charge is 2.21. The number of nitrogens with zero attached hydrogens (tertiary/aromatic N) is 1. The Morgan fingerprint density at radius 1 is 1.21 bits per heavy atom. The Labute approximate surface area is 115 Å². The van der Waals surface area contributed by atoms with E-state index in [2.05, 4.69) is 30.2 Å². The molecule has 1 unspecified atom stereocenters. The van der Waals surface area contributed by atoms with Gasteiger partial charge in [-0.1, -0.05) is 13.0 Å². The van der Waals surface area contributed by atoms with E-state index >= 15 is 0 Å². The zero-order chi connectivity index (χ0) is 13.8. The summed E-state index contributed by atoms with van der Waals surface area (Å²) in [7, 11) is 0. The number of aromatic nitrogens is 1. The molecular weight excluding hydrogens is 236 g/mol. The molecule has 1 N–H and O–H groups in total. The van der Waals surface area contributed by atoms with Crippen molar-refractivity contribution in [2.75, 3.05) is 6.54 Å². The summed E-state index contributed by atoms with van der Waals surface area (Å²) >= 11 is 0. The Morgan fingerprint density at radius 2 is 2.00 bits per heavy atom. The van der Waals surface area contributed by atoms with Crippen LogP contribution in [0.1, 0.15) is 41.3 Å². The number of likely N-dealkylation sites (N-methyl/N-ethyl adjacent to an activating group) is 1. The molecule has 0 bridgehead atoms. The van der Waals surface area contributed by atoms with Crippen LogP contribution in [0.5, 0.6) is 0 Å². The SMILES string of the molecule is CCNC(Cc1ccccn1)c1c(C)oc(C)c1C. The van der Waals surface area contributed by atoms with Crippen molar-refractivity contribution >= 4 is 0 Å². The lowest BCUT2D eigenvalue weighted by Crippen LogP contribution is -2.24. The second-order valence-electron chi connectivity index (χ2n) is 4.89. The lowest BCUT2D eigenvalue weighted by atomic mass is 9.97. The summed E-state index contributed by atoms with van der Waals surface area (Å²) in [6.07, 6.45) is 2.73. The third-order valence-corrected chi connectivity index (χ3v) is 3.56. The first-order chi connectivity index (χ1) is 9.13. The Kier molecular flexibility index (Phi) is 4.38. The smallest absolute Gasteiger partial charge is 0.106 e. The molecular formula is C16H22N2O. The highest BCUT2D eigenvalue weighted by atomic mass is 16.3. The lowest BCUT2D eigenvalue weighted by Gasteiger charge is -2.18. The van der Waals surface area contributed by atoms with Crippen LogP contribution in [0.15, 0.2) is 28.8 Å². The predicted octanol–water partition coefficient (Wildman–Crippen LogP) is 3.49. The van der Waals surface area contributed by atoms with Gasteiger partial charge in [0.2, 0.25) is 0 Å². The van der Waals surface area contributed by atoms with Crippen molar-refractivity contribution in [2.45, 2.75) is 40.2 Å². The molecule has 0 radical (unpaired) electrons. The molecule has 0 aliphatic carbocycles. The van der Waals surface area contributed by atoms with E-state index in [1.807, 2.05) is 32.2 Å². The summed E-state index contributed by atoms with van der Waals surface area (Å²) in [5, 5.41) is 3.54. The van der Waals surface area contributed by atoms with Gasteiger partial charge in [-0.05, 0) is 45.0 Å². The summed E-state index contributed by atoms with van der Waals surface area (Å²) in [5.74, 6) is 2.02. The van der Waals surface area contributed by atoms with Gasteiger partial charge in [-0.2, -0.15) is 0 Å². The maximum absolute atomic E-state index is 5.75. The summed E-state index contributed by atoms with van der Waals surface area (Å²) < 4.78 is 5.75. The summed E-state index contributed by atoms with van der Waals surface area (Å²) in [6.45, 7) is 9.25. The van der Waals surface area contributed by atoms with Crippen LogP contribution in [0.25, 0.3) is 0 Å². The van der Waals surface area contributed by atoms with E-state index in [-0.39, 0.29) is 6.04 Å². The van der Waals surface area contributed by atoms with Crippen molar-refractivity contribution in [2.24, 2.45) is 0 Å². The van der Waals surface area contributed by atoms with Gasteiger partial charge in [0.15, 0.2) is 0 Å². The van der Waals surface area contributed by atoms with Crippen LogP contribution in [-0.2, 0) is 6.42 Å². The minimum atomic E-state index is 0.261. The summed E-state index contributed by atoms with van der Waals surface area (Å²) in [4.78, 5) is 4.42. The Bertz CT molecular complexity index is 531. The van der Waals surface area contributed by atoms with E-state index in [0.717, 1.165) is 30.2 Å². The minimum absolute atomic E-state index is 0.261. The van der Waals surface area contributed by atoms with E-state index < -0.39 is 0 Å². The van der Waals surface area contributed by atoms with Gasteiger partial charge in [0.1, 0.15) is 11.5 Å². The fourth-order valence-electron chi connectivity index (χ4n) is 2.57. The van der Waals surface area contributed by atoms with Crippen molar-refractivity contribution in [3.63, 3.8) is 0 Å². The standard InChI is InChI=1S/C16H22N2O/c1-5-17-15(10-14-8-6-7-9-18-14)16-11(2)12(3)19-13(16)4/h6-9,15,17H,5,10H2,1-4H3. The fourth-order valence-corrected chi connectivity index (χ4v) is 2.57. The van der Waals surface area contributed by atoms with Crippen LogP contribution in [0.4, 0.5) is 0 Å². The molecule has 2 rings (SSSR count). The lowest BCUT2D eigenvalue weighted by molar-refractivity contribution is 0.483. The second kappa shape index (κ2) is 6.02. The van der Waals surface area contributed by atoms with Crippen molar-refractivity contribution in [1.29, 1.82) is 0 Å². The van der Waals surface area contributed by atoms with E-state index in [0.29, 0.717) is 0 Å². The third kappa shape index (κ3) is 3.04. The first kappa shape index (κ1) is 13.8. The van der Waals surface area contributed by atoms with Crippen LogP contribution < -0.4 is 5.32 Å². The highest BCUT2D eigenvalue weighted by molar-refractivity contribution is 5.35. The number of hydrogen-bond acceptors (Lipinski definition) is 3. The number of rotatable bonds is 5. The molecule has 3 nitrogen and oxygen atoms in total. The molecule has 0 aliphatic heterocycles. The monoisotopic (exact) mass is 258 g/mol. The quantitative estimate of drug-likeness (QED) is 0.892. The number of nitrogens with one attached hydrogen (secondary N) is 1. The number of pyridine rings is 1. The Hall–Kier alpha value is -1.61. The van der Waals surface area contributed by atoms with Crippen LogP contribution in [0, 0.1) is 20.8 Å². The number of aryl methyl sites for hydroxylation is 2. The molecule has 2 aromatic heterocycles. The molecule has 0 aliphatic rings. The minimum Gasteiger partial charge on any atom is -0.466 e. The second-order valence-corrected chi connectivity index (χ2v) is 4.89. The fraction of sp³-hybridized carbons (Fsp3) is 0.438. The van der Waals surface area contributed by atoms with E-state index in [9.17, 15) is 0 Å². The van der Waals surface area contributed by atoms with Crippen molar-refractivity contribution in [3.05, 3.63) is 52.7 Å². The summed E-state index contributed by atoms with van der Waals surface area (Å²) in [5.41, 5.74) is 3.63. The largest absolute Gasteiger partial charge is 0.466 e. The van der Waals surface area contributed by atoms with Gasteiger partial charge in [-0.3, -0.25) is 4.98 Å². The van der Waals surface area contributed by atoms with Crippen molar-refractivity contribution < 1.29 is 4.42 Å². The molecule has 0 spiro atoms. The molecule has 1 atom stereocenters. The first-order valence-corrected chi connectivity index (χ1v) is 6.83. The van der Waals surface area contributed by atoms with Crippen molar-refractivity contribution in [1.82, 2.24) is 10.3 Å². The molecule has 102 valence electrons. The molecule has 2 aromatic rings. The van der Waals surface area contributed by atoms with Gasteiger partial charge in [0.25, 0.3) is 0 Å². The topological polar surface area (TPSA) is 38.1 Å².